The maximum atomic E-state index is 13.0. The number of halogens is 2. The number of carbonyl (C=O) groups is 1. The van der Waals surface area contributed by atoms with Crippen LogP contribution in [-0.4, -0.2) is 53.9 Å². The topological polar surface area (TPSA) is 50.1 Å². The van der Waals surface area contributed by atoms with Gasteiger partial charge in [-0.1, -0.05) is 29.3 Å². The number of rotatable bonds is 4. The fourth-order valence-corrected chi connectivity index (χ4v) is 5.79. The molecule has 0 N–H and O–H groups in total. The minimum atomic E-state index is -0.0747. The van der Waals surface area contributed by atoms with E-state index in [9.17, 15) is 4.79 Å². The molecule has 2 saturated heterocycles. The molecule has 2 aromatic carbocycles. The molecule has 186 valence electrons. The first-order valence-electron chi connectivity index (χ1n) is 11.7. The number of amides is 1. The molecule has 1 aromatic heterocycles. The van der Waals surface area contributed by atoms with Crippen LogP contribution in [0.3, 0.4) is 0 Å². The molecule has 2 fully saturated rings. The number of morpholine rings is 1. The summed E-state index contributed by atoms with van der Waals surface area (Å²) in [5.74, 6) is -0.0747. The lowest BCUT2D eigenvalue weighted by molar-refractivity contribution is -0.121. The number of benzene rings is 2. The minimum Gasteiger partial charge on any atom is -0.378 e. The van der Waals surface area contributed by atoms with E-state index in [1.54, 1.807) is 18.0 Å². The van der Waals surface area contributed by atoms with E-state index in [2.05, 4.69) is 21.6 Å². The van der Waals surface area contributed by atoms with Crippen LogP contribution < -0.4 is 4.90 Å². The van der Waals surface area contributed by atoms with Gasteiger partial charge in [0.15, 0.2) is 5.17 Å². The number of nitrogens with zero attached hydrogens (tertiary/aromatic N) is 4. The predicted octanol–water partition coefficient (Wildman–Crippen LogP) is 6.47. The molecule has 2 aliphatic rings. The molecule has 0 spiro atoms. The van der Waals surface area contributed by atoms with Gasteiger partial charge in [-0.25, -0.2) is 4.99 Å². The van der Waals surface area contributed by atoms with Crippen molar-refractivity contribution in [3.8, 4) is 5.69 Å². The second-order valence-electron chi connectivity index (χ2n) is 8.72. The Balaban J connectivity index is 1.40. The van der Waals surface area contributed by atoms with Crippen molar-refractivity contribution in [2.24, 2.45) is 4.99 Å². The van der Waals surface area contributed by atoms with Gasteiger partial charge in [-0.15, -0.1) is 0 Å². The van der Waals surface area contributed by atoms with Crippen molar-refractivity contribution in [2.75, 3.05) is 38.3 Å². The zero-order chi connectivity index (χ0) is 25.4. The molecule has 0 bridgehead atoms. The van der Waals surface area contributed by atoms with E-state index in [1.807, 2.05) is 50.3 Å². The highest BCUT2D eigenvalue weighted by Gasteiger charge is 2.31. The summed E-state index contributed by atoms with van der Waals surface area (Å²) in [6, 6.07) is 15.7. The Morgan fingerprint density at radius 3 is 2.50 bits per heavy atom. The number of hydrogen-bond acceptors (Lipinski definition) is 5. The molecular weight excluding hydrogens is 515 g/mol. The Kier molecular flexibility index (Phi) is 7.17. The van der Waals surface area contributed by atoms with E-state index in [4.69, 9.17) is 32.9 Å². The van der Waals surface area contributed by atoms with E-state index < -0.39 is 0 Å². The van der Waals surface area contributed by atoms with Crippen LogP contribution in [0.2, 0.25) is 10.0 Å². The standard InChI is InChI=1S/C27H26Cl2N4O2S/c1-17-15-19(18(2)33(17)23-6-4-5-22(28)25(23)29)16-24-26(34)31(3)27(36-24)30-20-7-9-21(10-8-20)32-11-13-35-14-12-32/h4-10,15-16H,11-14H2,1-3H3/b24-16-,30-27?. The lowest BCUT2D eigenvalue weighted by atomic mass is 10.2. The average molecular weight is 542 g/mol. The lowest BCUT2D eigenvalue weighted by Gasteiger charge is -2.28. The van der Waals surface area contributed by atoms with Crippen molar-refractivity contribution >= 4 is 63.5 Å². The number of hydrogen-bond donors (Lipinski definition) is 0. The zero-order valence-electron chi connectivity index (χ0n) is 20.3. The third-order valence-corrected chi connectivity index (χ3v) is 8.25. The molecule has 36 heavy (non-hydrogen) atoms. The largest absolute Gasteiger partial charge is 0.378 e. The van der Waals surface area contributed by atoms with Gasteiger partial charge in [-0.3, -0.25) is 9.69 Å². The molecule has 2 aliphatic heterocycles. The van der Waals surface area contributed by atoms with Crippen molar-refractivity contribution in [3.63, 3.8) is 0 Å². The summed E-state index contributed by atoms with van der Waals surface area (Å²) in [6.45, 7) is 7.29. The summed E-state index contributed by atoms with van der Waals surface area (Å²) in [7, 11) is 1.76. The van der Waals surface area contributed by atoms with Crippen LogP contribution >= 0.6 is 35.0 Å². The van der Waals surface area contributed by atoms with Gasteiger partial charge in [0.1, 0.15) is 0 Å². The number of thioether (sulfide) groups is 1. The Labute approximate surface area is 225 Å². The normalized spacial score (nSPS) is 18.6. The Morgan fingerprint density at radius 2 is 1.78 bits per heavy atom. The van der Waals surface area contributed by atoms with E-state index >= 15 is 0 Å². The van der Waals surface area contributed by atoms with Gasteiger partial charge in [0.25, 0.3) is 5.91 Å². The van der Waals surface area contributed by atoms with E-state index in [0.29, 0.717) is 20.1 Å². The van der Waals surface area contributed by atoms with Crippen molar-refractivity contribution in [1.82, 2.24) is 9.47 Å². The van der Waals surface area contributed by atoms with Crippen molar-refractivity contribution < 1.29 is 9.53 Å². The number of likely N-dealkylation sites (N-methyl/N-ethyl adjacent to an activating group) is 1. The number of aliphatic imine (C=N–C) groups is 1. The van der Waals surface area contributed by atoms with Gasteiger partial charge in [-0.2, -0.15) is 0 Å². The number of aryl methyl sites for hydroxylation is 1. The molecule has 0 radical (unpaired) electrons. The maximum Gasteiger partial charge on any atom is 0.266 e. The van der Waals surface area contributed by atoms with Crippen molar-refractivity contribution in [3.05, 3.63) is 80.4 Å². The molecule has 0 aliphatic carbocycles. The number of carbonyl (C=O) groups excluding carboxylic acids is 1. The summed E-state index contributed by atoms with van der Waals surface area (Å²) in [5.41, 5.74) is 5.70. The second kappa shape index (κ2) is 10.3. The van der Waals surface area contributed by atoms with E-state index in [-0.39, 0.29) is 5.91 Å². The van der Waals surface area contributed by atoms with Crippen LogP contribution in [0.4, 0.5) is 11.4 Å². The predicted molar refractivity (Wildman–Crippen MR) is 150 cm³/mol. The maximum absolute atomic E-state index is 13.0. The highest BCUT2D eigenvalue weighted by Crippen LogP contribution is 2.36. The van der Waals surface area contributed by atoms with E-state index in [0.717, 1.165) is 60.3 Å². The van der Waals surface area contributed by atoms with Crippen LogP contribution in [0.5, 0.6) is 0 Å². The number of amidine groups is 1. The molecular formula is C27H26Cl2N4O2S. The van der Waals surface area contributed by atoms with Crippen LogP contribution in [-0.2, 0) is 9.53 Å². The quantitative estimate of drug-likeness (QED) is 0.355. The highest BCUT2D eigenvalue weighted by atomic mass is 35.5. The third kappa shape index (κ3) is 4.81. The Hall–Kier alpha value is -2.71. The number of anilines is 1. The fourth-order valence-electron chi connectivity index (χ4n) is 4.43. The van der Waals surface area contributed by atoms with Gasteiger partial charge in [0.05, 0.1) is 39.5 Å². The molecule has 3 heterocycles. The van der Waals surface area contributed by atoms with Gasteiger partial charge < -0.3 is 14.2 Å². The van der Waals surface area contributed by atoms with Crippen LogP contribution in [0.15, 0.2) is 58.4 Å². The monoisotopic (exact) mass is 540 g/mol. The second-order valence-corrected chi connectivity index (χ2v) is 10.5. The molecule has 5 rings (SSSR count). The average Bonchev–Trinajstić information content (AvgIpc) is 3.31. The Morgan fingerprint density at radius 1 is 1.06 bits per heavy atom. The minimum absolute atomic E-state index is 0.0747. The Bertz CT molecular complexity index is 1380. The molecule has 0 unspecified atom stereocenters. The van der Waals surface area contributed by atoms with E-state index in [1.165, 1.54) is 11.8 Å². The first kappa shape index (κ1) is 25.0. The molecule has 0 saturated carbocycles. The molecule has 3 aromatic rings. The smallest absolute Gasteiger partial charge is 0.266 e. The third-order valence-electron chi connectivity index (χ3n) is 6.38. The van der Waals surface area contributed by atoms with Gasteiger partial charge in [-0.05, 0) is 79.7 Å². The van der Waals surface area contributed by atoms with Gasteiger partial charge in [0, 0.05) is 37.2 Å². The summed E-state index contributed by atoms with van der Waals surface area (Å²) < 4.78 is 7.49. The summed E-state index contributed by atoms with van der Waals surface area (Å²) in [5, 5.41) is 1.65. The van der Waals surface area contributed by atoms with Crippen LogP contribution in [0, 0.1) is 13.8 Å². The summed E-state index contributed by atoms with van der Waals surface area (Å²) in [4.78, 5) is 22.3. The molecule has 1 amide bonds. The van der Waals surface area contributed by atoms with Gasteiger partial charge in [0.2, 0.25) is 0 Å². The first-order valence-corrected chi connectivity index (χ1v) is 13.2. The highest BCUT2D eigenvalue weighted by molar-refractivity contribution is 8.18. The summed E-state index contributed by atoms with van der Waals surface area (Å²) in [6.07, 6.45) is 1.92. The molecule has 0 atom stereocenters. The number of ether oxygens (including phenoxy) is 1. The number of aromatic nitrogens is 1. The van der Waals surface area contributed by atoms with Crippen LogP contribution in [0.25, 0.3) is 11.8 Å². The fraction of sp³-hybridized carbons (Fsp3) is 0.259. The van der Waals surface area contributed by atoms with Crippen molar-refractivity contribution in [2.45, 2.75) is 13.8 Å². The van der Waals surface area contributed by atoms with Crippen LogP contribution in [0.1, 0.15) is 17.0 Å². The summed E-state index contributed by atoms with van der Waals surface area (Å²) >= 11 is 14.1. The lowest BCUT2D eigenvalue weighted by Crippen LogP contribution is -2.36. The molecule has 6 nitrogen and oxygen atoms in total. The van der Waals surface area contributed by atoms with Gasteiger partial charge >= 0.3 is 0 Å². The zero-order valence-corrected chi connectivity index (χ0v) is 22.6. The van der Waals surface area contributed by atoms with Crippen molar-refractivity contribution in [1.29, 1.82) is 0 Å². The first-order chi connectivity index (χ1) is 17.3. The molecule has 9 heteroatoms. The SMILES string of the molecule is Cc1cc(/C=C2\SC(=Nc3ccc(N4CCOCC4)cc3)N(C)C2=O)c(C)n1-c1cccc(Cl)c1Cl.